The topological polar surface area (TPSA) is 32.3 Å². The molecule has 0 saturated heterocycles. The number of hydrogen-bond donors (Lipinski definition) is 0. The Bertz CT molecular complexity index is 689. The van der Waals surface area contributed by atoms with E-state index < -0.39 is 0 Å². The van der Waals surface area contributed by atoms with Gasteiger partial charge in [0.05, 0.1) is 11.4 Å². The van der Waals surface area contributed by atoms with Crippen LogP contribution in [-0.2, 0) is 0 Å². The lowest BCUT2D eigenvalue weighted by molar-refractivity contribution is 0.743. The molecule has 0 radical (unpaired) electrons. The quantitative estimate of drug-likeness (QED) is 0.630. The standard InChI is InChI=1S/C19H26N4S/c1-4-6-13-22-15-9-8-11-20-18(15)23(14-7-5-2)19-17(22)16(24-3)10-12-21-19/h8-12H,4-7,13-14H2,1-3H3. The molecule has 3 heterocycles. The highest BCUT2D eigenvalue weighted by molar-refractivity contribution is 7.98. The van der Waals surface area contributed by atoms with Gasteiger partial charge in [0.1, 0.15) is 0 Å². The van der Waals surface area contributed by atoms with Crippen LogP contribution in [0.25, 0.3) is 0 Å². The third-order valence-corrected chi connectivity index (χ3v) is 5.17. The Hall–Kier alpha value is -1.75. The van der Waals surface area contributed by atoms with E-state index in [1.165, 1.54) is 22.7 Å². The first-order chi connectivity index (χ1) is 11.8. The molecule has 0 aliphatic carbocycles. The van der Waals surface area contributed by atoms with Crippen LogP contribution < -0.4 is 9.80 Å². The number of thioether (sulfide) groups is 1. The van der Waals surface area contributed by atoms with Gasteiger partial charge < -0.3 is 9.80 Å². The van der Waals surface area contributed by atoms with Gasteiger partial charge in [-0.1, -0.05) is 26.7 Å². The maximum absolute atomic E-state index is 4.75. The molecule has 2 aromatic rings. The minimum atomic E-state index is 0.958. The molecule has 0 saturated carbocycles. The number of fused-ring (bicyclic) bond motifs is 2. The summed E-state index contributed by atoms with van der Waals surface area (Å²) in [7, 11) is 0. The van der Waals surface area contributed by atoms with Crippen LogP contribution in [0.15, 0.2) is 35.5 Å². The summed E-state index contributed by atoms with van der Waals surface area (Å²) in [4.78, 5) is 15.5. The van der Waals surface area contributed by atoms with Crippen molar-refractivity contribution in [3.05, 3.63) is 30.6 Å². The van der Waals surface area contributed by atoms with Crippen LogP contribution in [0.2, 0.25) is 0 Å². The molecule has 2 aromatic heterocycles. The monoisotopic (exact) mass is 342 g/mol. The van der Waals surface area contributed by atoms with Crippen molar-refractivity contribution >= 4 is 34.8 Å². The number of anilines is 4. The van der Waals surface area contributed by atoms with E-state index in [4.69, 9.17) is 9.97 Å². The van der Waals surface area contributed by atoms with E-state index in [1.807, 2.05) is 18.5 Å². The average Bonchev–Trinajstić information content (AvgIpc) is 2.64. The fourth-order valence-electron chi connectivity index (χ4n) is 3.15. The summed E-state index contributed by atoms with van der Waals surface area (Å²) >= 11 is 1.79. The van der Waals surface area contributed by atoms with Gasteiger partial charge in [0.15, 0.2) is 11.6 Å². The first-order valence-electron chi connectivity index (χ1n) is 8.84. The number of nitrogens with zero attached hydrogens (tertiary/aromatic N) is 4. The van der Waals surface area contributed by atoms with Crippen molar-refractivity contribution in [2.24, 2.45) is 0 Å². The number of aromatic nitrogens is 2. The van der Waals surface area contributed by atoms with Crippen LogP contribution in [0.5, 0.6) is 0 Å². The van der Waals surface area contributed by atoms with E-state index in [2.05, 4.69) is 42.0 Å². The van der Waals surface area contributed by atoms with Crippen LogP contribution >= 0.6 is 11.8 Å². The Morgan fingerprint density at radius 1 is 0.917 bits per heavy atom. The highest BCUT2D eigenvalue weighted by atomic mass is 32.2. The second-order valence-electron chi connectivity index (χ2n) is 6.04. The van der Waals surface area contributed by atoms with Crippen molar-refractivity contribution in [1.29, 1.82) is 0 Å². The SMILES string of the molecule is CCCCN1c2ncccc2N(CCCC)c2c(SC)ccnc21. The van der Waals surface area contributed by atoms with Crippen LogP contribution in [0.4, 0.5) is 23.0 Å². The van der Waals surface area contributed by atoms with Gasteiger partial charge in [-0.2, -0.15) is 0 Å². The van der Waals surface area contributed by atoms with Gasteiger partial charge in [-0.25, -0.2) is 9.97 Å². The Morgan fingerprint density at radius 3 is 2.33 bits per heavy atom. The third-order valence-electron chi connectivity index (χ3n) is 4.40. The number of hydrogen-bond acceptors (Lipinski definition) is 5. The van der Waals surface area contributed by atoms with Crippen LogP contribution in [0, 0.1) is 0 Å². The fraction of sp³-hybridized carbons (Fsp3) is 0.474. The van der Waals surface area contributed by atoms with E-state index in [-0.39, 0.29) is 0 Å². The van der Waals surface area contributed by atoms with Gasteiger partial charge in [0.25, 0.3) is 0 Å². The Labute approximate surface area is 149 Å². The minimum absolute atomic E-state index is 0.958. The summed E-state index contributed by atoms with van der Waals surface area (Å²) in [6, 6.07) is 6.36. The van der Waals surface area contributed by atoms with Gasteiger partial charge in [-0.15, -0.1) is 11.8 Å². The van der Waals surface area contributed by atoms with Crippen molar-refractivity contribution in [3.63, 3.8) is 0 Å². The summed E-state index contributed by atoms with van der Waals surface area (Å²) in [5, 5.41) is 0. The van der Waals surface area contributed by atoms with E-state index in [1.54, 1.807) is 11.8 Å². The number of pyridine rings is 2. The summed E-state index contributed by atoms with van der Waals surface area (Å²) in [6.45, 7) is 6.42. The van der Waals surface area contributed by atoms with Crippen molar-refractivity contribution in [2.45, 2.75) is 44.4 Å². The average molecular weight is 343 g/mol. The lowest BCUT2D eigenvalue weighted by Gasteiger charge is -2.39. The summed E-state index contributed by atoms with van der Waals surface area (Å²) in [5.74, 6) is 2.10. The molecule has 4 nitrogen and oxygen atoms in total. The van der Waals surface area contributed by atoms with E-state index in [9.17, 15) is 0 Å². The fourth-order valence-corrected chi connectivity index (χ4v) is 3.74. The normalized spacial score (nSPS) is 13.0. The maximum atomic E-state index is 4.75. The molecule has 0 atom stereocenters. The first-order valence-corrected chi connectivity index (χ1v) is 10.1. The zero-order valence-corrected chi connectivity index (χ0v) is 15.6. The molecule has 128 valence electrons. The second-order valence-corrected chi connectivity index (χ2v) is 6.89. The molecule has 0 spiro atoms. The van der Waals surface area contributed by atoms with Gasteiger partial charge >= 0.3 is 0 Å². The van der Waals surface area contributed by atoms with E-state index in [0.29, 0.717) is 0 Å². The molecule has 3 rings (SSSR count). The van der Waals surface area contributed by atoms with Crippen molar-refractivity contribution in [3.8, 4) is 0 Å². The highest BCUT2D eigenvalue weighted by Crippen LogP contribution is 2.49. The van der Waals surface area contributed by atoms with Crippen LogP contribution in [0.1, 0.15) is 39.5 Å². The van der Waals surface area contributed by atoms with Gasteiger partial charge in [0, 0.05) is 30.4 Å². The molecular formula is C19H26N4S. The molecular weight excluding hydrogens is 316 g/mol. The van der Waals surface area contributed by atoms with Crippen LogP contribution in [0.3, 0.4) is 0 Å². The number of rotatable bonds is 7. The zero-order valence-electron chi connectivity index (χ0n) is 14.8. The summed E-state index contributed by atoms with van der Waals surface area (Å²) < 4.78 is 0. The molecule has 0 unspecified atom stereocenters. The molecule has 1 aliphatic heterocycles. The molecule has 0 fully saturated rings. The molecule has 0 bridgehead atoms. The van der Waals surface area contributed by atoms with Crippen molar-refractivity contribution < 1.29 is 0 Å². The lowest BCUT2D eigenvalue weighted by Crippen LogP contribution is -2.32. The summed E-state index contributed by atoms with van der Waals surface area (Å²) in [5.41, 5.74) is 2.45. The highest BCUT2D eigenvalue weighted by Gasteiger charge is 2.31. The molecule has 1 aliphatic rings. The Balaban J connectivity index is 2.14. The van der Waals surface area contributed by atoms with Crippen molar-refractivity contribution in [2.75, 3.05) is 29.1 Å². The molecule has 0 amide bonds. The second kappa shape index (κ2) is 7.88. The predicted molar refractivity (Wildman–Crippen MR) is 104 cm³/mol. The van der Waals surface area contributed by atoms with Crippen LogP contribution in [-0.4, -0.2) is 29.3 Å². The first kappa shape index (κ1) is 17.1. The summed E-state index contributed by atoms with van der Waals surface area (Å²) in [6.07, 6.45) is 10.6. The molecule has 0 aromatic carbocycles. The third kappa shape index (κ3) is 3.09. The zero-order chi connectivity index (χ0) is 16.9. The number of unbranched alkanes of at least 4 members (excludes halogenated alkanes) is 2. The van der Waals surface area contributed by atoms with Gasteiger partial charge in [-0.05, 0) is 37.3 Å². The smallest absolute Gasteiger partial charge is 0.159 e. The maximum Gasteiger partial charge on any atom is 0.159 e. The Kier molecular flexibility index (Phi) is 5.61. The van der Waals surface area contributed by atoms with E-state index in [0.717, 1.165) is 44.0 Å². The Morgan fingerprint density at radius 2 is 1.62 bits per heavy atom. The predicted octanol–water partition coefficient (Wildman–Crippen LogP) is 5.39. The largest absolute Gasteiger partial charge is 0.335 e. The van der Waals surface area contributed by atoms with Crippen molar-refractivity contribution in [1.82, 2.24) is 9.97 Å². The molecule has 24 heavy (non-hydrogen) atoms. The molecule has 5 heteroatoms. The van der Waals surface area contributed by atoms with Gasteiger partial charge in [-0.3, -0.25) is 0 Å². The van der Waals surface area contributed by atoms with Gasteiger partial charge in [0.2, 0.25) is 0 Å². The van der Waals surface area contributed by atoms with E-state index >= 15 is 0 Å². The lowest BCUT2D eigenvalue weighted by atomic mass is 10.1. The minimum Gasteiger partial charge on any atom is -0.335 e. The molecule has 0 N–H and O–H groups in total.